The van der Waals surface area contributed by atoms with Gasteiger partial charge in [-0.1, -0.05) is 66.7 Å². The maximum Gasteiger partial charge on any atom is 0.271 e. The molecule has 0 spiro atoms. The van der Waals surface area contributed by atoms with Crippen LogP contribution in [0.5, 0.6) is 0 Å². The van der Waals surface area contributed by atoms with Crippen molar-refractivity contribution in [3.05, 3.63) is 96.6 Å². The van der Waals surface area contributed by atoms with E-state index in [0.29, 0.717) is 11.3 Å². The zero-order valence-corrected chi connectivity index (χ0v) is 17.7. The van der Waals surface area contributed by atoms with Crippen molar-refractivity contribution < 1.29 is 19.2 Å². The second-order valence-electron chi connectivity index (χ2n) is 6.69. The van der Waals surface area contributed by atoms with E-state index in [9.17, 15) is 19.2 Å². The molecule has 6 nitrogen and oxygen atoms in total. The highest BCUT2D eigenvalue weighted by Gasteiger charge is 2.30. The predicted octanol–water partition coefficient (Wildman–Crippen LogP) is 4.02. The third-order valence-electron chi connectivity index (χ3n) is 4.77. The summed E-state index contributed by atoms with van der Waals surface area (Å²) in [5, 5.41) is 1.91. The van der Waals surface area contributed by atoms with E-state index in [1.54, 1.807) is 18.2 Å². The van der Waals surface area contributed by atoms with Crippen molar-refractivity contribution >= 4 is 61.8 Å². The van der Waals surface area contributed by atoms with Gasteiger partial charge in [-0.25, -0.2) is 8.83 Å². The van der Waals surface area contributed by atoms with Crippen molar-refractivity contribution in [3.8, 4) is 0 Å². The molecule has 31 heavy (non-hydrogen) atoms. The zero-order valence-electron chi connectivity index (χ0n) is 16.1. The van der Waals surface area contributed by atoms with Crippen LogP contribution in [0.3, 0.4) is 0 Å². The van der Waals surface area contributed by atoms with E-state index in [4.69, 9.17) is 0 Å². The molecule has 3 aromatic rings. The Morgan fingerprint density at radius 1 is 0.645 bits per heavy atom. The molecule has 2 aliphatic heterocycles. The largest absolute Gasteiger partial charge is 0.271 e. The number of rotatable bonds is 2. The summed E-state index contributed by atoms with van der Waals surface area (Å²) in [5.74, 6) is -1.23. The number of nitrogens with zero attached hydrogens (tertiary/aromatic N) is 2. The summed E-state index contributed by atoms with van der Waals surface area (Å²) in [6.45, 7) is 0. The molecule has 0 aromatic heterocycles. The lowest BCUT2D eigenvalue weighted by atomic mass is 10.1. The highest BCUT2D eigenvalue weighted by atomic mass is 79.9. The van der Waals surface area contributed by atoms with Crippen LogP contribution in [0.4, 0.5) is 5.69 Å². The summed E-state index contributed by atoms with van der Waals surface area (Å²) in [6, 6.07) is 22.4. The fourth-order valence-corrected chi connectivity index (χ4v) is 3.61. The highest BCUT2D eigenvalue weighted by Crippen LogP contribution is 2.28. The molecule has 3 aromatic carbocycles. The molecule has 0 saturated carbocycles. The quantitative estimate of drug-likeness (QED) is 0.415. The van der Waals surface area contributed by atoms with Gasteiger partial charge in [-0.2, -0.15) is 0 Å². The molecule has 0 saturated heterocycles. The second kappa shape index (κ2) is 8.49. The molecule has 7 heteroatoms. The predicted molar refractivity (Wildman–Crippen MR) is 121 cm³/mol. The number of carbonyl (C=O) groups excluding carboxylic acids is 4. The van der Waals surface area contributed by atoms with Crippen LogP contribution in [0.2, 0.25) is 0 Å². The van der Waals surface area contributed by atoms with Gasteiger partial charge >= 0.3 is 0 Å². The normalized spacial score (nSPS) is 15.5. The summed E-state index contributed by atoms with van der Waals surface area (Å²) < 4.78 is 0.926. The lowest BCUT2D eigenvalue weighted by Gasteiger charge is -2.16. The van der Waals surface area contributed by atoms with E-state index in [0.717, 1.165) is 20.3 Å². The first kappa shape index (κ1) is 20.4. The summed E-state index contributed by atoms with van der Waals surface area (Å²) in [6.07, 6.45) is 3.92. The van der Waals surface area contributed by atoms with Gasteiger partial charge in [-0.15, -0.1) is 0 Å². The number of hydrogen-bond acceptors (Lipinski definition) is 4. The Labute approximate surface area is 186 Å². The number of fused-ring (bicyclic) bond motifs is 1. The molecule has 0 radical (unpaired) electrons. The summed E-state index contributed by atoms with van der Waals surface area (Å²) >= 11 is 2.89. The zero-order chi connectivity index (χ0) is 22.0. The third-order valence-corrected chi connectivity index (χ3v) is 5.44. The highest BCUT2D eigenvalue weighted by molar-refractivity contribution is 9.08. The number of halogens is 1. The lowest BCUT2D eigenvalue weighted by Crippen LogP contribution is -2.29. The number of benzene rings is 3. The lowest BCUT2D eigenvalue weighted by molar-refractivity contribution is -0.129. The first-order valence-electron chi connectivity index (χ1n) is 9.32. The minimum Gasteiger partial charge on any atom is -0.269 e. The number of hydrogen-bond donors (Lipinski definition) is 0. The fourth-order valence-electron chi connectivity index (χ4n) is 3.31. The van der Waals surface area contributed by atoms with Crippen molar-refractivity contribution in [3.63, 3.8) is 0 Å². The van der Waals surface area contributed by atoms with Crippen LogP contribution in [0.25, 0.3) is 16.3 Å². The molecule has 4 amide bonds. The Morgan fingerprint density at radius 2 is 1.26 bits per heavy atom. The van der Waals surface area contributed by atoms with Gasteiger partial charge in [-0.3, -0.25) is 19.2 Å². The second-order valence-corrected chi connectivity index (χ2v) is 7.40. The number of carbonyl (C=O) groups is 4. The first-order valence-corrected chi connectivity index (χ1v) is 10.0. The van der Waals surface area contributed by atoms with Crippen LogP contribution in [0, 0.1) is 0 Å². The Morgan fingerprint density at radius 3 is 1.90 bits per heavy atom. The van der Waals surface area contributed by atoms with Gasteiger partial charge < -0.3 is 0 Å². The Balaban J connectivity index is 0.000000152. The van der Waals surface area contributed by atoms with E-state index in [2.05, 4.69) is 16.1 Å². The molecular weight excluding hydrogens is 460 g/mol. The molecule has 0 aliphatic carbocycles. The van der Waals surface area contributed by atoms with Gasteiger partial charge in [0.2, 0.25) is 0 Å². The molecule has 5 rings (SSSR count). The van der Waals surface area contributed by atoms with Crippen molar-refractivity contribution in [1.82, 2.24) is 3.93 Å². The standard InChI is InChI=1S/C14H9NO2.C10H6BrNO2/c16-13-8-9-14(17)15(13)12-7-3-5-10-4-1-2-6-11(10)12;11-12-9(13)6-8(10(12)14)7-4-2-1-3-5-7/h1-9H;1-6H. The average molecular weight is 475 g/mol. The van der Waals surface area contributed by atoms with Gasteiger partial charge in [0.25, 0.3) is 23.6 Å². The van der Waals surface area contributed by atoms with Crippen molar-refractivity contribution in [1.29, 1.82) is 0 Å². The minimum absolute atomic E-state index is 0.286. The third kappa shape index (κ3) is 3.95. The number of anilines is 1. The Kier molecular flexibility index (Phi) is 5.60. The molecule has 0 unspecified atom stereocenters. The topological polar surface area (TPSA) is 74.8 Å². The van der Waals surface area contributed by atoms with Crippen LogP contribution in [0.1, 0.15) is 5.56 Å². The van der Waals surface area contributed by atoms with E-state index in [1.165, 1.54) is 23.1 Å². The first-order chi connectivity index (χ1) is 15.0. The molecule has 152 valence electrons. The van der Waals surface area contributed by atoms with Crippen LogP contribution in [0.15, 0.2) is 91.0 Å². The summed E-state index contributed by atoms with van der Waals surface area (Å²) in [4.78, 5) is 47.1. The van der Waals surface area contributed by atoms with E-state index >= 15 is 0 Å². The molecule has 2 heterocycles. The van der Waals surface area contributed by atoms with Gasteiger partial charge in [0.05, 0.1) is 27.4 Å². The van der Waals surface area contributed by atoms with Gasteiger partial charge in [0.15, 0.2) is 0 Å². The van der Waals surface area contributed by atoms with E-state index in [1.807, 2.05) is 54.6 Å². The van der Waals surface area contributed by atoms with E-state index < -0.39 is 0 Å². The monoisotopic (exact) mass is 474 g/mol. The molecule has 0 fully saturated rings. The van der Waals surface area contributed by atoms with Crippen molar-refractivity contribution in [2.24, 2.45) is 0 Å². The minimum atomic E-state index is -0.339. The molecular formula is C24H15BrN2O4. The smallest absolute Gasteiger partial charge is 0.269 e. The molecule has 2 aliphatic rings. The van der Waals surface area contributed by atoms with Crippen LogP contribution in [-0.4, -0.2) is 27.6 Å². The fraction of sp³-hybridized carbons (Fsp3) is 0. The van der Waals surface area contributed by atoms with Gasteiger partial charge in [0, 0.05) is 23.6 Å². The Bertz CT molecular complexity index is 1260. The maximum absolute atomic E-state index is 11.6. The van der Waals surface area contributed by atoms with Crippen LogP contribution in [-0.2, 0) is 19.2 Å². The number of imide groups is 2. The molecule has 0 N–H and O–H groups in total. The SMILES string of the molecule is O=C1C=C(c2ccccc2)C(=O)N1Br.O=C1C=CC(=O)N1c1cccc2ccccc12. The van der Waals surface area contributed by atoms with Crippen molar-refractivity contribution in [2.75, 3.05) is 4.90 Å². The maximum atomic E-state index is 11.6. The van der Waals surface area contributed by atoms with Gasteiger partial charge in [-0.05, 0) is 17.0 Å². The van der Waals surface area contributed by atoms with E-state index in [-0.39, 0.29) is 23.6 Å². The number of amides is 4. The summed E-state index contributed by atoms with van der Waals surface area (Å²) in [5.41, 5.74) is 1.82. The molecule has 0 bridgehead atoms. The van der Waals surface area contributed by atoms with Crippen LogP contribution < -0.4 is 4.90 Å². The average Bonchev–Trinajstić information content (AvgIpc) is 3.27. The van der Waals surface area contributed by atoms with Crippen LogP contribution >= 0.6 is 16.1 Å². The Hall–Kier alpha value is -3.84. The van der Waals surface area contributed by atoms with Gasteiger partial charge in [0.1, 0.15) is 0 Å². The molecule has 0 atom stereocenters. The summed E-state index contributed by atoms with van der Waals surface area (Å²) in [7, 11) is 0. The van der Waals surface area contributed by atoms with Crippen molar-refractivity contribution in [2.45, 2.75) is 0 Å².